The largest absolute Gasteiger partial charge is 0.507 e. The molecule has 1 aliphatic rings. The first-order valence-corrected chi connectivity index (χ1v) is 9.94. The van der Waals surface area contributed by atoms with Crippen LogP contribution in [0.5, 0.6) is 5.75 Å². The number of aryl methyl sites for hydroxylation is 1. The number of hydrogen-bond acceptors (Lipinski definition) is 3. The highest BCUT2D eigenvalue weighted by molar-refractivity contribution is 6.31. The summed E-state index contributed by atoms with van der Waals surface area (Å²) >= 11 is 6.28. The standard InChI is InChI=1S/C22H21ClFN3O2/c1-3-4-9-27-21(13-5-7-14(24)8-6-13)18-19(25-26-20(18)22(27)29)15-11-16(23)12(2)10-17(15)28/h5-8,10-11,21,28H,3-4,9H2,1-2H3,(H,25,26). The molecule has 4 rings (SSSR count). The van der Waals surface area contributed by atoms with Crippen LogP contribution in [-0.2, 0) is 0 Å². The lowest BCUT2D eigenvalue weighted by Crippen LogP contribution is -2.30. The van der Waals surface area contributed by atoms with Crippen molar-refractivity contribution in [3.05, 3.63) is 69.6 Å². The van der Waals surface area contributed by atoms with Crippen LogP contribution in [0.1, 0.15) is 53.0 Å². The van der Waals surface area contributed by atoms with E-state index in [1.807, 2.05) is 0 Å². The van der Waals surface area contributed by atoms with E-state index < -0.39 is 6.04 Å². The molecule has 0 aliphatic carbocycles. The molecule has 2 N–H and O–H groups in total. The number of carbonyl (C=O) groups excluding carboxylic acids is 1. The van der Waals surface area contributed by atoms with Crippen LogP contribution in [-0.4, -0.2) is 32.7 Å². The van der Waals surface area contributed by atoms with Crippen LogP contribution in [0.15, 0.2) is 36.4 Å². The molecule has 1 unspecified atom stereocenters. The molecule has 29 heavy (non-hydrogen) atoms. The highest BCUT2D eigenvalue weighted by Gasteiger charge is 2.42. The summed E-state index contributed by atoms with van der Waals surface area (Å²) in [6, 6.07) is 8.95. The van der Waals surface area contributed by atoms with Crippen LogP contribution in [0.4, 0.5) is 4.39 Å². The van der Waals surface area contributed by atoms with Gasteiger partial charge in [0, 0.05) is 22.7 Å². The zero-order valence-electron chi connectivity index (χ0n) is 16.2. The first kappa shape index (κ1) is 19.5. The van der Waals surface area contributed by atoms with Gasteiger partial charge in [-0.25, -0.2) is 4.39 Å². The summed E-state index contributed by atoms with van der Waals surface area (Å²) in [5, 5.41) is 18.2. The van der Waals surface area contributed by atoms with Gasteiger partial charge in [0.25, 0.3) is 5.91 Å². The van der Waals surface area contributed by atoms with Crippen molar-refractivity contribution in [3.63, 3.8) is 0 Å². The van der Waals surface area contributed by atoms with Gasteiger partial charge in [-0.2, -0.15) is 5.10 Å². The van der Waals surface area contributed by atoms with E-state index in [4.69, 9.17) is 11.6 Å². The first-order valence-electron chi connectivity index (χ1n) is 9.56. The number of phenolic OH excluding ortho intramolecular Hbond substituents is 1. The van der Waals surface area contributed by atoms with Gasteiger partial charge in [-0.3, -0.25) is 9.89 Å². The van der Waals surface area contributed by atoms with Crippen molar-refractivity contribution in [1.82, 2.24) is 15.1 Å². The lowest BCUT2D eigenvalue weighted by molar-refractivity contribution is 0.0741. The fourth-order valence-electron chi connectivity index (χ4n) is 3.81. The van der Waals surface area contributed by atoms with Crippen molar-refractivity contribution in [2.75, 3.05) is 6.54 Å². The van der Waals surface area contributed by atoms with Crippen molar-refractivity contribution in [2.24, 2.45) is 0 Å². The number of amides is 1. The Balaban J connectivity index is 1.89. The molecule has 0 fully saturated rings. The smallest absolute Gasteiger partial charge is 0.273 e. The van der Waals surface area contributed by atoms with Crippen LogP contribution in [0, 0.1) is 12.7 Å². The Kier molecular flexibility index (Phi) is 5.04. The van der Waals surface area contributed by atoms with E-state index in [0.29, 0.717) is 34.1 Å². The van der Waals surface area contributed by atoms with Crippen molar-refractivity contribution in [1.29, 1.82) is 0 Å². The number of benzene rings is 2. The number of fused-ring (bicyclic) bond motifs is 1. The van der Waals surface area contributed by atoms with Gasteiger partial charge >= 0.3 is 0 Å². The van der Waals surface area contributed by atoms with Crippen LogP contribution in [0.25, 0.3) is 11.3 Å². The average Bonchev–Trinajstić information content (AvgIpc) is 3.23. The van der Waals surface area contributed by atoms with Gasteiger partial charge in [0.15, 0.2) is 0 Å². The minimum atomic E-state index is -0.419. The van der Waals surface area contributed by atoms with Gasteiger partial charge in [-0.1, -0.05) is 37.1 Å². The Hall–Kier alpha value is -2.86. The monoisotopic (exact) mass is 413 g/mol. The third-order valence-corrected chi connectivity index (χ3v) is 5.74. The summed E-state index contributed by atoms with van der Waals surface area (Å²) in [5.41, 5.74) is 3.52. The van der Waals surface area contributed by atoms with Gasteiger partial charge < -0.3 is 10.0 Å². The van der Waals surface area contributed by atoms with Crippen molar-refractivity contribution in [3.8, 4) is 17.0 Å². The predicted octanol–water partition coefficient (Wildman–Crippen LogP) is 5.23. The molecule has 0 radical (unpaired) electrons. The van der Waals surface area contributed by atoms with E-state index in [-0.39, 0.29) is 17.5 Å². The molecule has 0 saturated carbocycles. The summed E-state index contributed by atoms with van der Waals surface area (Å²) < 4.78 is 13.5. The van der Waals surface area contributed by atoms with E-state index in [0.717, 1.165) is 24.0 Å². The second kappa shape index (κ2) is 7.52. The number of H-pyrrole nitrogens is 1. The van der Waals surface area contributed by atoms with Gasteiger partial charge in [0.05, 0.1) is 6.04 Å². The molecule has 0 spiro atoms. The SMILES string of the molecule is CCCCN1C(=O)c2[nH]nc(-c3cc(Cl)c(C)cc3O)c2C1c1ccc(F)cc1. The Labute approximate surface area is 173 Å². The number of aromatic hydroxyl groups is 1. The summed E-state index contributed by atoms with van der Waals surface area (Å²) in [6.07, 6.45) is 1.78. The summed E-state index contributed by atoms with van der Waals surface area (Å²) in [7, 11) is 0. The second-order valence-electron chi connectivity index (χ2n) is 7.29. The van der Waals surface area contributed by atoms with E-state index in [1.165, 1.54) is 12.1 Å². The fraction of sp³-hybridized carbons (Fsp3) is 0.273. The zero-order valence-corrected chi connectivity index (χ0v) is 16.9. The first-order chi connectivity index (χ1) is 13.9. The topological polar surface area (TPSA) is 69.2 Å². The maximum absolute atomic E-state index is 13.5. The Morgan fingerprint density at radius 2 is 2.00 bits per heavy atom. The molecular weight excluding hydrogens is 393 g/mol. The molecule has 5 nitrogen and oxygen atoms in total. The lowest BCUT2D eigenvalue weighted by Gasteiger charge is -2.26. The third kappa shape index (κ3) is 3.27. The third-order valence-electron chi connectivity index (χ3n) is 5.33. The number of aromatic nitrogens is 2. The number of unbranched alkanes of at least 4 members (excludes halogenated alkanes) is 1. The molecular formula is C22H21ClFN3O2. The average molecular weight is 414 g/mol. The molecule has 2 heterocycles. The molecule has 0 saturated heterocycles. The maximum Gasteiger partial charge on any atom is 0.273 e. The Morgan fingerprint density at radius 3 is 2.69 bits per heavy atom. The maximum atomic E-state index is 13.5. The highest BCUT2D eigenvalue weighted by atomic mass is 35.5. The zero-order chi connectivity index (χ0) is 20.7. The minimum absolute atomic E-state index is 0.0403. The van der Waals surface area contributed by atoms with Gasteiger partial charge in [0.2, 0.25) is 0 Å². The molecule has 7 heteroatoms. The Morgan fingerprint density at radius 1 is 1.28 bits per heavy atom. The summed E-state index contributed by atoms with van der Waals surface area (Å²) in [5.74, 6) is -0.452. The molecule has 1 atom stereocenters. The van der Waals surface area contributed by atoms with E-state index in [2.05, 4.69) is 17.1 Å². The second-order valence-corrected chi connectivity index (χ2v) is 7.69. The molecule has 2 aromatic carbocycles. The molecule has 0 bridgehead atoms. The lowest BCUT2D eigenvalue weighted by atomic mass is 9.95. The van der Waals surface area contributed by atoms with Crippen LogP contribution < -0.4 is 0 Å². The number of nitrogens with one attached hydrogen (secondary N) is 1. The number of aromatic amines is 1. The number of hydrogen-bond donors (Lipinski definition) is 2. The fourth-order valence-corrected chi connectivity index (χ4v) is 3.97. The van der Waals surface area contributed by atoms with Crippen molar-refractivity contribution >= 4 is 17.5 Å². The van der Waals surface area contributed by atoms with Crippen LogP contribution in [0.3, 0.4) is 0 Å². The molecule has 1 aliphatic heterocycles. The quantitative estimate of drug-likeness (QED) is 0.601. The number of rotatable bonds is 5. The van der Waals surface area contributed by atoms with E-state index in [1.54, 1.807) is 36.1 Å². The molecule has 1 aromatic heterocycles. The van der Waals surface area contributed by atoms with Crippen molar-refractivity contribution in [2.45, 2.75) is 32.7 Å². The number of carbonyl (C=O) groups is 1. The number of halogens is 2. The molecule has 150 valence electrons. The van der Waals surface area contributed by atoms with Crippen molar-refractivity contribution < 1.29 is 14.3 Å². The van der Waals surface area contributed by atoms with Gasteiger partial charge in [0.1, 0.15) is 23.0 Å². The van der Waals surface area contributed by atoms with Crippen LogP contribution in [0.2, 0.25) is 5.02 Å². The number of phenols is 1. The van der Waals surface area contributed by atoms with Crippen LogP contribution >= 0.6 is 11.6 Å². The predicted molar refractivity (Wildman–Crippen MR) is 110 cm³/mol. The molecule has 1 amide bonds. The minimum Gasteiger partial charge on any atom is -0.507 e. The molecule has 3 aromatic rings. The normalized spacial score (nSPS) is 15.8. The van der Waals surface area contributed by atoms with Gasteiger partial charge in [-0.05, 0) is 48.7 Å². The summed E-state index contributed by atoms with van der Waals surface area (Å²) in [6.45, 7) is 4.43. The summed E-state index contributed by atoms with van der Waals surface area (Å²) in [4.78, 5) is 14.9. The van der Waals surface area contributed by atoms with E-state index >= 15 is 0 Å². The van der Waals surface area contributed by atoms with Gasteiger partial charge in [-0.15, -0.1) is 0 Å². The van der Waals surface area contributed by atoms with E-state index in [9.17, 15) is 14.3 Å². The highest BCUT2D eigenvalue weighted by Crippen LogP contribution is 2.45. The number of nitrogens with zero attached hydrogens (tertiary/aromatic N) is 2. The Bertz CT molecular complexity index is 1080.